The molecule has 4 rings (SSSR count). The Bertz CT molecular complexity index is 1070. The second kappa shape index (κ2) is 7.53. The summed E-state index contributed by atoms with van der Waals surface area (Å²) in [6, 6.07) is 12.5. The summed E-state index contributed by atoms with van der Waals surface area (Å²) in [5.74, 6) is -0.341. The molecule has 1 atom stereocenters. The lowest BCUT2D eigenvalue weighted by Gasteiger charge is -2.24. The fraction of sp³-hybridized carbons (Fsp3) is 0.111. The Hall–Kier alpha value is -1.44. The summed E-state index contributed by atoms with van der Waals surface area (Å²) in [5, 5.41) is 3.15. The molecule has 138 valence electrons. The summed E-state index contributed by atoms with van der Waals surface area (Å²) in [7, 11) is 0. The number of thiophene rings is 1. The van der Waals surface area contributed by atoms with Gasteiger partial charge in [-0.3, -0.25) is 15.0 Å². The van der Waals surface area contributed by atoms with Gasteiger partial charge in [0.25, 0.3) is 11.8 Å². The van der Waals surface area contributed by atoms with Gasteiger partial charge in [-0.05, 0) is 35.9 Å². The number of halogens is 3. The van der Waals surface area contributed by atoms with E-state index in [9.17, 15) is 9.59 Å². The third kappa shape index (κ3) is 3.65. The van der Waals surface area contributed by atoms with Crippen molar-refractivity contribution in [3.63, 3.8) is 0 Å². The van der Waals surface area contributed by atoms with Crippen LogP contribution < -0.4 is 5.43 Å². The highest BCUT2D eigenvalue weighted by molar-refractivity contribution is 8.00. The standard InChI is InChI=1S/C18H11Cl3N2O2S2/c19-10-3-1-2-9(6-10)18-23(14(24)8-26-18)22-17(25)16-15(21)12-7-11(20)4-5-13(12)27-16/h1-7,18H,8H2,(H,22,25). The first-order valence-corrected chi connectivity index (χ1v) is 10.8. The molecule has 1 aromatic heterocycles. The number of thioether (sulfide) groups is 1. The summed E-state index contributed by atoms with van der Waals surface area (Å²) in [5.41, 5.74) is 3.54. The van der Waals surface area contributed by atoms with Crippen LogP contribution in [0.15, 0.2) is 42.5 Å². The second-order valence-electron chi connectivity index (χ2n) is 5.81. The molecule has 9 heteroatoms. The van der Waals surface area contributed by atoms with Crippen LogP contribution in [0.5, 0.6) is 0 Å². The fourth-order valence-corrected chi connectivity index (χ4v) is 5.65. The first-order chi connectivity index (χ1) is 12.9. The fourth-order valence-electron chi connectivity index (χ4n) is 2.80. The number of hydrogen-bond donors (Lipinski definition) is 1. The Morgan fingerprint density at radius 1 is 1.11 bits per heavy atom. The van der Waals surface area contributed by atoms with E-state index in [0.717, 1.165) is 10.3 Å². The minimum atomic E-state index is -0.430. The van der Waals surface area contributed by atoms with Crippen molar-refractivity contribution < 1.29 is 9.59 Å². The molecule has 1 fully saturated rings. The summed E-state index contributed by atoms with van der Waals surface area (Å²) >= 11 is 21.1. The van der Waals surface area contributed by atoms with Crippen LogP contribution in [0.1, 0.15) is 20.6 Å². The van der Waals surface area contributed by atoms with Crippen LogP contribution in [0.2, 0.25) is 15.1 Å². The van der Waals surface area contributed by atoms with Crippen LogP contribution in [-0.4, -0.2) is 22.6 Å². The van der Waals surface area contributed by atoms with E-state index in [2.05, 4.69) is 5.43 Å². The number of carbonyl (C=O) groups excluding carboxylic acids is 2. The molecule has 1 unspecified atom stereocenters. The summed E-state index contributed by atoms with van der Waals surface area (Å²) in [6.45, 7) is 0. The van der Waals surface area contributed by atoms with E-state index in [0.29, 0.717) is 25.3 Å². The van der Waals surface area contributed by atoms with Crippen LogP contribution >= 0.6 is 57.9 Å². The maximum Gasteiger partial charge on any atom is 0.281 e. The molecule has 1 saturated heterocycles. The highest BCUT2D eigenvalue weighted by Crippen LogP contribution is 2.40. The van der Waals surface area contributed by atoms with Crippen molar-refractivity contribution in [3.05, 3.63) is 68.0 Å². The number of benzene rings is 2. The largest absolute Gasteiger partial charge is 0.281 e. The summed E-state index contributed by atoms with van der Waals surface area (Å²) in [4.78, 5) is 25.5. The van der Waals surface area contributed by atoms with E-state index in [-0.39, 0.29) is 17.0 Å². The van der Waals surface area contributed by atoms with Gasteiger partial charge in [0, 0.05) is 20.1 Å². The van der Waals surface area contributed by atoms with Crippen molar-refractivity contribution in [2.24, 2.45) is 0 Å². The van der Waals surface area contributed by atoms with Crippen molar-refractivity contribution in [3.8, 4) is 0 Å². The SMILES string of the molecule is O=C(NN1C(=O)CSC1c1cccc(Cl)c1)c1sc2ccc(Cl)cc2c1Cl. The zero-order valence-electron chi connectivity index (χ0n) is 13.5. The Morgan fingerprint density at radius 3 is 2.67 bits per heavy atom. The molecule has 2 heterocycles. The molecule has 0 bridgehead atoms. The third-order valence-electron chi connectivity index (χ3n) is 4.02. The average molecular weight is 458 g/mol. The smallest absolute Gasteiger partial charge is 0.272 e. The number of amides is 2. The molecule has 1 N–H and O–H groups in total. The molecule has 0 aliphatic carbocycles. The topological polar surface area (TPSA) is 49.4 Å². The van der Waals surface area contributed by atoms with E-state index in [1.54, 1.807) is 24.3 Å². The van der Waals surface area contributed by atoms with E-state index >= 15 is 0 Å². The number of hydrazine groups is 1. The number of carbonyl (C=O) groups is 2. The molecule has 4 nitrogen and oxygen atoms in total. The van der Waals surface area contributed by atoms with Crippen molar-refractivity contribution in [1.29, 1.82) is 0 Å². The molecule has 0 saturated carbocycles. The molecule has 1 aliphatic heterocycles. The first kappa shape index (κ1) is 18.9. The van der Waals surface area contributed by atoms with Crippen molar-refractivity contribution in [2.75, 3.05) is 5.75 Å². The van der Waals surface area contributed by atoms with E-state index in [4.69, 9.17) is 34.8 Å². The lowest BCUT2D eigenvalue weighted by molar-refractivity contribution is -0.130. The van der Waals surface area contributed by atoms with E-state index in [1.807, 2.05) is 18.2 Å². The molecule has 3 aromatic rings. The zero-order chi connectivity index (χ0) is 19.1. The van der Waals surface area contributed by atoms with Crippen molar-refractivity contribution >= 4 is 79.8 Å². The number of nitrogens with zero attached hydrogens (tertiary/aromatic N) is 1. The Labute approximate surface area is 178 Å². The lowest BCUT2D eigenvalue weighted by Crippen LogP contribution is -2.44. The second-order valence-corrected chi connectivity index (χ2v) is 9.18. The minimum Gasteiger partial charge on any atom is -0.272 e. The molecular weight excluding hydrogens is 447 g/mol. The number of nitrogens with one attached hydrogen (secondary N) is 1. The molecular formula is C18H11Cl3N2O2S2. The van der Waals surface area contributed by atoms with Gasteiger partial charge >= 0.3 is 0 Å². The van der Waals surface area contributed by atoms with Gasteiger partial charge in [-0.25, -0.2) is 5.01 Å². The van der Waals surface area contributed by atoms with Crippen LogP contribution in [-0.2, 0) is 4.79 Å². The minimum absolute atomic E-state index is 0.182. The molecule has 2 aromatic carbocycles. The maximum absolute atomic E-state index is 12.8. The van der Waals surface area contributed by atoms with Crippen LogP contribution in [0, 0.1) is 0 Å². The van der Waals surface area contributed by atoms with Crippen LogP contribution in [0.25, 0.3) is 10.1 Å². The van der Waals surface area contributed by atoms with Gasteiger partial charge in [-0.1, -0.05) is 46.9 Å². The van der Waals surface area contributed by atoms with Crippen molar-refractivity contribution in [2.45, 2.75) is 5.37 Å². The van der Waals surface area contributed by atoms with E-state index in [1.165, 1.54) is 28.1 Å². The molecule has 1 aliphatic rings. The summed E-state index contributed by atoms with van der Waals surface area (Å²) in [6.07, 6.45) is 0. The van der Waals surface area contributed by atoms with Gasteiger partial charge in [0.2, 0.25) is 0 Å². The molecule has 0 radical (unpaired) electrons. The Morgan fingerprint density at radius 2 is 1.89 bits per heavy atom. The molecule has 0 spiro atoms. The number of hydrogen-bond acceptors (Lipinski definition) is 4. The van der Waals surface area contributed by atoms with Gasteiger partial charge in [0.15, 0.2) is 0 Å². The van der Waals surface area contributed by atoms with Gasteiger partial charge < -0.3 is 0 Å². The van der Waals surface area contributed by atoms with Gasteiger partial charge in [0.05, 0.1) is 10.8 Å². The highest BCUT2D eigenvalue weighted by atomic mass is 35.5. The Kier molecular flexibility index (Phi) is 5.27. The van der Waals surface area contributed by atoms with E-state index < -0.39 is 5.91 Å². The van der Waals surface area contributed by atoms with Crippen LogP contribution in [0.3, 0.4) is 0 Å². The van der Waals surface area contributed by atoms with Crippen molar-refractivity contribution in [1.82, 2.24) is 10.4 Å². The highest BCUT2D eigenvalue weighted by Gasteiger charge is 2.35. The average Bonchev–Trinajstić information content (AvgIpc) is 3.16. The lowest BCUT2D eigenvalue weighted by atomic mass is 10.2. The number of fused-ring (bicyclic) bond motifs is 1. The molecule has 2 amide bonds. The summed E-state index contributed by atoms with van der Waals surface area (Å²) < 4.78 is 0.850. The van der Waals surface area contributed by atoms with Gasteiger partial charge in [0.1, 0.15) is 10.3 Å². The maximum atomic E-state index is 12.8. The van der Waals surface area contributed by atoms with Crippen LogP contribution in [0.4, 0.5) is 0 Å². The predicted octanol–water partition coefficient (Wildman–Crippen LogP) is 5.78. The normalized spacial score (nSPS) is 16.9. The molecule has 27 heavy (non-hydrogen) atoms. The monoisotopic (exact) mass is 456 g/mol. The number of rotatable bonds is 3. The zero-order valence-corrected chi connectivity index (χ0v) is 17.4. The quantitative estimate of drug-likeness (QED) is 0.542. The first-order valence-electron chi connectivity index (χ1n) is 7.81. The third-order valence-corrected chi connectivity index (χ3v) is 7.38. The Balaban J connectivity index is 1.63. The van der Waals surface area contributed by atoms with Gasteiger partial charge in [-0.2, -0.15) is 0 Å². The van der Waals surface area contributed by atoms with Gasteiger partial charge in [-0.15, -0.1) is 23.1 Å². The predicted molar refractivity (Wildman–Crippen MR) is 113 cm³/mol.